The first kappa shape index (κ1) is 14.2. The van der Waals surface area contributed by atoms with Gasteiger partial charge in [-0.15, -0.1) is 0 Å². The van der Waals surface area contributed by atoms with Gasteiger partial charge in [0, 0.05) is 0 Å². The predicted octanol–water partition coefficient (Wildman–Crippen LogP) is -0.0541. The summed E-state index contributed by atoms with van der Waals surface area (Å²) in [7, 11) is 0. The van der Waals surface area contributed by atoms with Gasteiger partial charge in [-0.05, 0) is 27.7 Å². The molecule has 0 saturated carbocycles. The molecule has 0 aromatic rings. The van der Waals surface area contributed by atoms with E-state index < -0.39 is 41.5 Å². The second kappa shape index (κ2) is 4.14. The molecule has 0 aromatic heterocycles. The van der Waals surface area contributed by atoms with Crippen molar-refractivity contribution in [3.05, 3.63) is 0 Å². The van der Waals surface area contributed by atoms with Gasteiger partial charge in [-0.25, -0.2) is 4.79 Å². The average molecular weight is 288 g/mol. The Kier molecular flexibility index (Phi) is 2.94. The highest BCUT2D eigenvalue weighted by molar-refractivity contribution is 5.84. The molecule has 0 aromatic carbocycles. The molecule has 0 radical (unpaired) electrons. The number of rotatable bonds is 1. The van der Waals surface area contributed by atoms with E-state index in [9.17, 15) is 9.90 Å². The lowest BCUT2D eigenvalue weighted by molar-refractivity contribution is -0.187. The molecule has 3 fully saturated rings. The number of hydrogen-bond donors (Lipinski definition) is 1. The Morgan fingerprint density at radius 2 is 1.85 bits per heavy atom. The summed E-state index contributed by atoms with van der Waals surface area (Å²) in [5.74, 6) is -2.30. The van der Waals surface area contributed by atoms with Gasteiger partial charge in [0.05, 0.1) is 13.2 Å². The summed E-state index contributed by atoms with van der Waals surface area (Å²) in [5, 5.41) is 10.5. The lowest BCUT2D eigenvalue weighted by atomic mass is 9.94. The van der Waals surface area contributed by atoms with Gasteiger partial charge in [0.2, 0.25) is 5.60 Å². The fourth-order valence-corrected chi connectivity index (χ4v) is 2.86. The van der Waals surface area contributed by atoms with E-state index in [1.165, 1.54) is 0 Å². The Hall–Kier alpha value is -0.730. The van der Waals surface area contributed by atoms with Crippen LogP contribution in [0.25, 0.3) is 0 Å². The van der Waals surface area contributed by atoms with Crippen LogP contribution in [0.2, 0.25) is 0 Å². The van der Waals surface area contributed by atoms with Crippen LogP contribution in [0.3, 0.4) is 0 Å². The Morgan fingerprint density at radius 1 is 1.15 bits per heavy atom. The van der Waals surface area contributed by atoms with E-state index in [1.807, 2.05) is 0 Å². The van der Waals surface area contributed by atoms with Crippen LogP contribution in [0.5, 0.6) is 0 Å². The van der Waals surface area contributed by atoms with E-state index in [-0.39, 0.29) is 13.2 Å². The maximum atomic E-state index is 12.1. The second-order valence-corrected chi connectivity index (χ2v) is 6.36. The molecule has 1 N–H and O–H groups in total. The lowest BCUT2D eigenvalue weighted by Crippen LogP contribution is -2.51. The van der Waals surface area contributed by atoms with E-state index in [0.29, 0.717) is 0 Å². The molecule has 4 atom stereocenters. The van der Waals surface area contributed by atoms with Crippen molar-refractivity contribution in [2.75, 3.05) is 13.2 Å². The van der Waals surface area contributed by atoms with Crippen LogP contribution < -0.4 is 0 Å². The number of aliphatic hydroxyl groups excluding tert-OH is 1. The molecule has 3 aliphatic heterocycles. The van der Waals surface area contributed by atoms with Crippen molar-refractivity contribution in [1.82, 2.24) is 0 Å². The summed E-state index contributed by atoms with van der Waals surface area (Å²) in [6.07, 6.45) is -2.49. The fraction of sp³-hybridized carbons (Fsp3) is 0.923. The molecule has 0 bridgehead atoms. The molecular formula is C13H20O7. The van der Waals surface area contributed by atoms with Crippen molar-refractivity contribution >= 4 is 5.97 Å². The second-order valence-electron chi connectivity index (χ2n) is 6.36. The Labute approximate surface area is 117 Å². The Morgan fingerprint density at radius 3 is 2.35 bits per heavy atom. The standard InChI is InChI=1S/C13H20O7/c1-11(2)16-5-7(19-11)8-9(14)13(10(15)18-8)6-17-12(3,4)20-13/h7-9,14H,5-6H2,1-4H3/t7-,8-,9-,13+/m1/s1. The van der Waals surface area contributed by atoms with Crippen LogP contribution in [0.1, 0.15) is 27.7 Å². The summed E-state index contributed by atoms with van der Waals surface area (Å²) in [6, 6.07) is 0. The quantitative estimate of drug-likeness (QED) is 0.677. The van der Waals surface area contributed by atoms with Crippen molar-refractivity contribution in [3.63, 3.8) is 0 Å². The molecular weight excluding hydrogens is 268 g/mol. The van der Waals surface area contributed by atoms with Crippen LogP contribution in [0, 0.1) is 0 Å². The molecule has 0 amide bonds. The van der Waals surface area contributed by atoms with Crippen LogP contribution in [-0.2, 0) is 28.5 Å². The van der Waals surface area contributed by atoms with Gasteiger partial charge in [0.15, 0.2) is 17.7 Å². The number of carbonyl (C=O) groups is 1. The smallest absolute Gasteiger partial charge is 0.344 e. The van der Waals surface area contributed by atoms with Gasteiger partial charge < -0.3 is 28.8 Å². The number of ether oxygens (including phenoxy) is 5. The third-order valence-electron chi connectivity index (χ3n) is 3.84. The van der Waals surface area contributed by atoms with Gasteiger partial charge >= 0.3 is 5.97 Å². The van der Waals surface area contributed by atoms with Crippen LogP contribution in [0.15, 0.2) is 0 Å². The highest BCUT2D eigenvalue weighted by Gasteiger charge is 2.66. The molecule has 0 unspecified atom stereocenters. The molecule has 0 aliphatic carbocycles. The van der Waals surface area contributed by atoms with Crippen LogP contribution in [0.4, 0.5) is 0 Å². The average Bonchev–Trinajstić information content (AvgIpc) is 2.91. The monoisotopic (exact) mass is 288 g/mol. The zero-order valence-corrected chi connectivity index (χ0v) is 12.0. The number of esters is 1. The third kappa shape index (κ3) is 2.05. The third-order valence-corrected chi connectivity index (χ3v) is 3.84. The summed E-state index contributed by atoms with van der Waals surface area (Å²) >= 11 is 0. The fourth-order valence-electron chi connectivity index (χ4n) is 2.86. The van der Waals surface area contributed by atoms with E-state index in [1.54, 1.807) is 27.7 Å². The SMILES string of the molecule is CC1(C)OC[C@H]([C@H]2OC(=O)[C@]3(COC(C)(C)O3)[C@@H]2O)O1. The van der Waals surface area contributed by atoms with Gasteiger partial charge in [0.1, 0.15) is 12.2 Å². The first-order chi connectivity index (χ1) is 9.15. The maximum Gasteiger partial charge on any atom is 0.344 e. The molecule has 3 aliphatic rings. The van der Waals surface area contributed by atoms with Crippen LogP contribution in [-0.4, -0.2) is 59.8 Å². The minimum absolute atomic E-state index is 0.0343. The van der Waals surface area contributed by atoms with Crippen molar-refractivity contribution in [2.24, 2.45) is 0 Å². The molecule has 3 rings (SSSR count). The topological polar surface area (TPSA) is 83.5 Å². The molecule has 20 heavy (non-hydrogen) atoms. The normalized spacial score (nSPS) is 46.0. The van der Waals surface area contributed by atoms with E-state index >= 15 is 0 Å². The van der Waals surface area contributed by atoms with Gasteiger partial charge in [-0.3, -0.25) is 0 Å². The summed E-state index contributed by atoms with van der Waals surface area (Å²) in [6.45, 7) is 7.13. The van der Waals surface area contributed by atoms with Crippen molar-refractivity contribution < 1.29 is 33.6 Å². The molecule has 3 saturated heterocycles. The molecule has 1 spiro atoms. The molecule has 114 valence electrons. The lowest BCUT2D eigenvalue weighted by Gasteiger charge is -2.26. The largest absolute Gasteiger partial charge is 0.454 e. The minimum atomic E-state index is -1.47. The van der Waals surface area contributed by atoms with Crippen molar-refractivity contribution in [2.45, 2.75) is 63.2 Å². The summed E-state index contributed by atoms with van der Waals surface area (Å²) < 4.78 is 27.4. The highest BCUT2D eigenvalue weighted by atomic mass is 16.8. The zero-order chi connectivity index (χ0) is 14.8. The van der Waals surface area contributed by atoms with Crippen molar-refractivity contribution in [3.8, 4) is 0 Å². The highest BCUT2D eigenvalue weighted by Crippen LogP contribution is 2.42. The Balaban J connectivity index is 1.80. The van der Waals surface area contributed by atoms with E-state index in [2.05, 4.69) is 0 Å². The number of carbonyl (C=O) groups excluding carboxylic acids is 1. The Bertz CT molecular complexity index is 432. The van der Waals surface area contributed by atoms with Gasteiger partial charge in [-0.2, -0.15) is 0 Å². The first-order valence-corrected chi connectivity index (χ1v) is 6.70. The predicted molar refractivity (Wildman–Crippen MR) is 64.6 cm³/mol. The van der Waals surface area contributed by atoms with Crippen LogP contribution >= 0.6 is 0 Å². The number of aliphatic hydroxyl groups is 1. The molecule has 3 heterocycles. The van der Waals surface area contributed by atoms with Gasteiger partial charge in [0.25, 0.3) is 0 Å². The van der Waals surface area contributed by atoms with Crippen molar-refractivity contribution in [1.29, 1.82) is 0 Å². The zero-order valence-electron chi connectivity index (χ0n) is 12.0. The summed E-state index contributed by atoms with van der Waals surface area (Å²) in [5.41, 5.74) is -1.47. The number of cyclic esters (lactones) is 1. The minimum Gasteiger partial charge on any atom is -0.454 e. The summed E-state index contributed by atoms with van der Waals surface area (Å²) in [4.78, 5) is 12.1. The molecule has 7 heteroatoms. The maximum absolute atomic E-state index is 12.1. The van der Waals surface area contributed by atoms with Gasteiger partial charge in [-0.1, -0.05) is 0 Å². The van der Waals surface area contributed by atoms with E-state index in [4.69, 9.17) is 23.7 Å². The van der Waals surface area contributed by atoms with E-state index in [0.717, 1.165) is 0 Å². The molecule has 7 nitrogen and oxygen atoms in total. The first-order valence-electron chi connectivity index (χ1n) is 6.70. The number of hydrogen-bond acceptors (Lipinski definition) is 7.